The van der Waals surface area contributed by atoms with Crippen molar-refractivity contribution in [3.05, 3.63) is 17.2 Å². The van der Waals surface area contributed by atoms with Crippen LogP contribution in [0.3, 0.4) is 0 Å². The maximum absolute atomic E-state index is 6.01. The lowest BCUT2D eigenvalue weighted by Crippen LogP contribution is -2.31. The second-order valence-electron chi connectivity index (χ2n) is 4.65. The number of rotatable bonds is 4. The van der Waals surface area contributed by atoms with Crippen LogP contribution in [0.15, 0.2) is 12.1 Å². The number of fused-ring (bicyclic) bond motifs is 1. The molecule has 1 N–H and O–H groups in total. The highest BCUT2D eigenvalue weighted by atomic mass is 35.5. The molecule has 0 radical (unpaired) electrons. The molecule has 0 amide bonds. The lowest BCUT2D eigenvalue weighted by atomic mass is 10.2. The van der Waals surface area contributed by atoms with Gasteiger partial charge in [-0.1, -0.05) is 11.6 Å². The summed E-state index contributed by atoms with van der Waals surface area (Å²) >= 11 is 6.01. The molecule has 1 aromatic rings. The molecule has 2 aliphatic rings. The molecule has 1 aliphatic carbocycles. The molecule has 2 fully saturated rings. The van der Waals surface area contributed by atoms with E-state index in [-0.39, 0.29) is 12.4 Å². The summed E-state index contributed by atoms with van der Waals surface area (Å²) in [5.74, 6) is 1.84. The molecule has 3 atom stereocenters. The van der Waals surface area contributed by atoms with Crippen molar-refractivity contribution in [1.82, 2.24) is 10.3 Å². The highest BCUT2D eigenvalue weighted by Gasteiger charge is 2.45. The van der Waals surface area contributed by atoms with Gasteiger partial charge in [0.2, 0.25) is 11.8 Å². The third-order valence-electron chi connectivity index (χ3n) is 3.38. The topological polar surface area (TPSA) is 43.4 Å². The minimum atomic E-state index is 0. The van der Waals surface area contributed by atoms with E-state index in [0.717, 1.165) is 12.0 Å². The number of halogens is 2. The van der Waals surface area contributed by atoms with E-state index in [1.165, 1.54) is 12.8 Å². The number of hydrogen-bond donors (Lipinski definition) is 1. The van der Waals surface area contributed by atoms with Gasteiger partial charge < -0.3 is 14.8 Å². The first kappa shape index (κ1) is 13.7. The molecule has 3 rings (SSSR count). The van der Waals surface area contributed by atoms with Crippen LogP contribution in [0.4, 0.5) is 0 Å². The lowest BCUT2D eigenvalue weighted by Gasteiger charge is -2.14. The first-order valence-corrected chi connectivity index (χ1v) is 6.23. The van der Waals surface area contributed by atoms with Gasteiger partial charge in [-0.2, -0.15) is 4.98 Å². The average molecular weight is 291 g/mol. The van der Waals surface area contributed by atoms with Gasteiger partial charge in [0.15, 0.2) is 0 Å². The van der Waals surface area contributed by atoms with Gasteiger partial charge in [0, 0.05) is 18.2 Å². The molecule has 0 unspecified atom stereocenters. The molecule has 2 heterocycles. The average Bonchev–Trinajstić information content (AvgIpc) is 2.96. The first-order chi connectivity index (χ1) is 8.26. The highest BCUT2D eigenvalue weighted by molar-refractivity contribution is 6.31. The Labute approximate surface area is 117 Å². The summed E-state index contributed by atoms with van der Waals surface area (Å²) in [6.07, 6.45) is 2.53. The van der Waals surface area contributed by atoms with E-state index in [9.17, 15) is 0 Å². The highest BCUT2D eigenvalue weighted by Crippen LogP contribution is 2.40. The van der Waals surface area contributed by atoms with Gasteiger partial charge in [0.25, 0.3) is 0 Å². The molecule has 1 aliphatic heterocycles. The lowest BCUT2D eigenvalue weighted by molar-refractivity contribution is 0.255. The predicted molar refractivity (Wildman–Crippen MR) is 72.0 cm³/mol. The minimum Gasteiger partial charge on any atom is -0.481 e. The zero-order valence-corrected chi connectivity index (χ0v) is 11.6. The molecule has 0 bridgehead atoms. The van der Waals surface area contributed by atoms with Crippen LogP contribution in [0.1, 0.15) is 12.8 Å². The normalized spacial score (nSPS) is 28.2. The Morgan fingerprint density at radius 1 is 1.44 bits per heavy atom. The molecule has 100 valence electrons. The first-order valence-electron chi connectivity index (χ1n) is 5.85. The number of nitrogens with one attached hydrogen (secondary N) is 1. The second kappa shape index (κ2) is 5.51. The molecule has 1 aromatic heterocycles. The van der Waals surface area contributed by atoms with Gasteiger partial charge in [0.1, 0.15) is 11.6 Å². The number of ether oxygens (including phenoxy) is 2. The molecular weight excluding hydrogens is 275 g/mol. The van der Waals surface area contributed by atoms with Crippen molar-refractivity contribution in [2.45, 2.75) is 24.9 Å². The van der Waals surface area contributed by atoms with Crippen molar-refractivity contribution in [3.63, 3.8) is 0 Å². The van der Waals surface area contributed by atoms with Crippen LogP contribution >= 0.6 is 24.0 Å². The maximum Gasteiger partial charge on any atom is 0.235 e. The van der Waals surface area contributed by atoms with E-state index < -0.39 is 0 Å². The van der Waals surface area contributed by atoms with Crippen LogP contribution in [0.5, 0.6) is 11.8 Å². The zero-order valence-electron chi connectivity index (χ0n) is 10.1. The molecular formula is C12H16Cl2N2O2. The van der Waals surface area contributed by atoms with Gasteiger partial charge in [-0.3, -0.25) is 0 Å². The van der Waals surface area contributed by atoms with Crippen molar-refractivity contribution >= 4 is 24.0 Å². The summed E-state index contributed by atoms with van der Waals surface area (Å²) in [4.78, 5) is 4.18. The van der Waals surface area contributed by atoms with Crippen molar-refractivity contribution in [1.29, 1.82) is 0 Å². The van der Waals surface area contributed by atoms with Crippen molar-refractivity contribution in [2.24, 2.45) is 5.92 Å². The molecule has 1 saturated heterocycles. The van der Waals surface area contributed by atoms with Gasteiger partial charge >= 0.3 is 0 Å². The fourth-order valence-electron chi connectivity index (χ4n) is 2.37. The zero-order chi connectivity index (χ0) is 11.8. The van der Waals surface area contributed by atoms with Crippen LogP contribution in [0, 0.1) is 5.92 Å². The number of methoxy groups -OCH3 is 1. The number of nitrogens with zero attached hydrogens (tertiary/aromatic N) is 1. The van der Waals surface area contributed by atoms with Gasteiger partial charge in [0.05, 0.1) is 7.11 Å². The Kier molecular flexibility index (Phi) is 4.20. The van der Waals surface area contributed by atoms with E-state index in [0.29, 0.717) is 29.4 Å². The molecule has 4 nitrogen and oxygen atoms in total. The molecule has 18 heavy (non-hydrogen) atoms. The molecule has 0 aromatic carbocycles. The van der Waals surface area contributed by atoms with Crippen LogP contribution in [0.25, 0.3) is 0 Å². The fraction of sp³-hybridized carbons (Fsp3) is 0.583. The summed E-state index contributed by atoms with van der Waals surface area (Å²) < 4.78 is 10.7. The predicted octanol–water partition coefficient (Wildman–Crippen LogP) is 2.29. The molecule has 1 saturated carbocycles. The maximum atomic E-state index is 6.01. The third kappa shape index (κ3) is 2.82. The van der Waals surface area contributed by atoms with Crippen LogP contribution in [-0.4, -0.2) is 30.8 Å². The Hall–Kier alpha value is -0.710. The van der Waals surface area contributed by atoms with Crippen LogP contribution < -0.4 is 14.8 Å². The van der Waals surface area contributed by atoms with Crippen molar-refractivity contribution in [3.8, 4) is 11.8 Å². The minimum absolute atomic E-state index is 0. The van der Waals surface area contributed by atoms with Gasteiger partial charge in [-0.15, -0.1) is 12.4 Å². The monoisotopic (exact) mass is 290 g/mol. The van der Waals surface area contributed by atoms with Gasteiger partial charge in [-0.25, -0.2) is 0 Å². The summed E-state index contributed by atoms with van der Waals surface area (Å²) in [6.45, 7) is 0.618. The van der Waals surface area contributed by atoms with E-state index >= 15 is 0 Å². The summed E-state index contributed by atoms with van der Waals surface area (Å²) in [6, 6.07) is 4.63. The Morgan fingerprint density at radius 2 is 2.28 bits per heavy atom. The smallest absolute Gasteiger partial charge is 0.235 e. The SMILES string of the molecule is COc1ccc(Cl)c(OC[C@H]2C[C@H]3C[C@H]3N2)n1.Cl. The number of piperidine rings is 1. The van der Waals surface area contributed by atoms with Crippen LogP contribution in [0.2, 0.25) is 5.02 Å². The van der Waals surface area contributed by atoms with E-state index in [1.807, 2.05) is 0 Å². The fourth-order valence-corrected chi connectivity index (χ4v) is 2.53. The molecule has 0 spiro atoms. The number of hydrogen-bond acceptors (Lipinski definition) is 4. The van der Waals surface area contributed by atoms with Crippen molar-refractivity contribution in [2.75, 3.05) is 13.7 Å². The number of aromatic nitrogens is 1. The van der Waals surface area contributed by atoms with E-state index in [1.54, 1.807) is 19.2 Å². The second-order valence-corrected chi connectivity index (χ2v) is 5.06. The van der Waals surface area contributed by atoms with Gasteiger partial charge in [-0.05, 0) is 24.8 Å². The van der Waals surface area contributed by atoms with Crippen LogP contribution in [-0.2, 0) is 0 Å². The summed E-state index contributed by atoms with van der Waals surface area (Å²) in [7, 11) is 1.58. The standard InChI is InChI=1S/C12H15ClN2O2.ClH/c1-16-11-3-2-9(13)12(15-11)17-6-8-4-7-5-10(7)14-8;/h2-3,7-8,10,14H,4-6H2,1H3;1H/t7-,8+,10+;/m0./s1. The van der Waals surface area contributed by atoms with Crippen molar-refractivity contribution < 1.29 is 9.47 Å². The Morgan fingerprint density at radius 3 is 2.94 bits per heavy atom. The quantitative estimate of drug-likeness (QED) is 0.924. The van der Waals surface area contributed by atoms with E-state index in [4.69, 9.17) is 21.1 Å². The molecule has 6 heteroatoms. The van der Waals surface area contributed by atoms with E-state index in [2.05, 4.69) is 10.3 Å². The summed E-state index contributed by atoms with van der Waals surface area (Å²) in [5.41, 5.74) is 0. The third-order valence-corrected chi connectivity index (χ3v) is 3.67. The largest absolute Gasteiger partial charge is 0.481 e. The summed E-state index contributed by atoms with van der Waals surface area (Å²) in [5, 5.41) is 4.04. The number of pyridine rings is 1. The Balaban J connectivity index is 0.00000120. The Bertz CT molecular complexity index is 421.